The summed E-state index contributed by atoms with van der Waals surface area (Å²) in [5.74, 6) is -0.238. The number of aliphatic imine (C=N–C) groups is 1. The van der Waals surface area contributed by atoms with E-state index in [0.29, 0.717) is 12.5 Å². The van der Waals surface area contributed by atoms with Gasteiger partial charge in [0.05, 0.1) is 12.5 Å². The molecule has 4 heteroatoms. The Hall–Kier alpha value is -1.06. The van der Waals surface area contributed by atoms with Gasteiger partial charge in [-0.25, -0.2) is 4.99 Å². The highest BCUT2D eigenvalue weighted by Gasteiger charge is 2.18. The predicted octanol–water partition coefficient (Wildman–Crippen LogP) is 0.278. The standard InChI is InChI=1S/C6H9NO3/c1-4-7-5(3-10-4)2-6(8)9/h5H,2-3H2,1H3,(H,8,9). The largest absolute Gasteiger partial charge is 0.481 e. The number of ether oxygens (including phenoxy) is 1. The van der Waals surface area contributed by atoms with Gasteiger partial charge in [-0.1, -0.05) is 0 Å². The van der Waals surface area contributed by atoms with E-state index in [2.05, 4.69) is 4.99 Å². The van der Waals surface area contributed by atoms with E-state index in [0.717, 1.165) is 0 Å². The normalized spacial score (nSPS) is 23.7. The van der Waals surface area contributed by atoms with Gasteiger partial charge in [0.2, 0.25) is 0 Å². The SMILES string of the molecule is CC1=NC(CC(=O)O)CO1. The Labute approximate surface area is 58.5 Å². The fourth-order valence-corrected chi connectivity index (χ4v) is 0.855. The van der Waals surface area contributed by atoms with Gasteiger partial charge in [-0.15, -0.1) is 0 Å². The summed E-state index contributed by atoms with van der Waals surface area (Å²) in [6.07, 6.45) is 0.0668. The Bertz CT molecular complexity index is 176. The van der Waals surface area contributed by atoms with Gasteiger partial charge < -0.3 is 9.84 Å². The van der Waals surface area contributed by atoms with Crippen molar-refractivity contribution in [2.75, 3.05) is 6.61 Å². The Balaban J connectivity index is 2.38. The second-order valence-corrected chi connectivity index (χ2v) is 2.21. The highest BCUT2D eigenvalue weighted by Crippen LogP contribution is 2.07. The number of hydrogen-bond acceptors (Lipinski definition) is 3. The molecule has 0 aromatic carbocycles. The van der Waals surface area contributed by atoms with Crippen LogP contribution in [0.3, 0.4) is 0 Å². The van der Waals surface area contributed by atoms with Gasteiger partial charge in [0.15, 0.2) is 5.90 Å². The van der Waals surface area contributed by atoms with E-state index in [1.807, 2.05) is 0 Å². The molecule has 0 radical (unpaired) electrons. The molecule has 0 aromatic rings. The summed E-state index contributed by atoms with van der Waals surface area (Å²) in [5, 5.41) is 8.34. The van der Waals surface area contributed by atoms with E-state index in [1.54, 1.807) is 6.92 Å². The molecule has 0 spiro atoms. The predicted molar refractivity (Wildman–Crippen MR) is 35.1 cm³/mol. The fraction of sp³-hybridized carbons (Fsp3) is 0.667. The van der Waals surface area contributed by atoms with Crippen LogP contribution in [0.15, 0.2) is 4.99 Å². The minimum atomic E-state index is -0.827. The third-order valence-corrected chi connectivity index (χ3v) is 1.26. The molecule has 1 heterocycles. The molecule has 0 saturated heterocycles. The van der Waals surface area contributed by atoms with E-state index < -0.39 is 5.97 Å². The summed E-state index contributed by atoms with van der Waals surface area (Å²) < 4.78 is 4.95. The van der Waals surface area contributed by atoms with Crippen molar-refractivity contribution in [3.8, 4) is 0 Å². The van der Waals surface area contributed by atoms with Crippen LogP contribution in [0.4, 0.5) is 0 Å². The number of carboxylic acids is 1. The quantitative estimate of drug-likeness (QED) is 0.604. The zero-order valence-electron chi connectivity index (χ0n) is 5.70. The third kappa shape index (κ3) is 1.72. The van der Waals surface area contributed by atoms with Crippen molar-refractivity contribution >= 4 is 11.9 Å². The smallest absolute Gasteiger partial charge is 0.305 e. The molecular formula is C6H9NO3. The number of aliphatic carboxylic acids is 1. The first-order valence-corrected chi connectivity index (χ1v) is 3.07. The van der Waals surface area contributed by atoms with Crippen molar-refractivity contribution < 1.29 is 14.6 Å². The Kier molecular flexibility index (Phi) is 1.89. The third-order valence-electron chi connectivity index (χ3n) is 1.26. The molecule has 1 atom stereocenters. The van der Waals surface area contributed by atoms with Crippen LogP contribution in [0.25, 0.3) is 0 Å². The molecule has 1 aliphatic rings. The van der Waals surface area contributed by atoms with Gasteiger partial charge in [0.25, 0.3) is 0 Å². The average molecular weight is 143 g/mol. The molecule has 0 fully saturated rings. The lowest BCUT2D eigenvalue weighted by Crippen LogP contribution is -2.12. The lowest BCUT2D eigenvalue weighted by atomic mass is 10.2. The van der Waals surface area contributed by atoms with E-state index in [1.165, 1.54) is 0 Å². The summed E-state index contributed by atoms with van der Waals surface area (Å²) >= 11 is 0. The topological polar surface area (TPSA) is 58.9 Å². The van der Waals surface area contributed by atoms with Crippen molar-refractivity contribution in [1.82, 2.24) is 0 Å². The molecule has 4 nitrogen and oxygen atoms in total. The molecular weight excluding hydrogens is 134 g/mol. The minimum Gasteiger partial charge on any atom is -0.481 e. The first kappa shape index (κ1) is 7.05. The number of rotatable bonds is 2. The Morgan fingerprint density at radius 2 is 2.70 bits per heavy atom. The van der Waals surface area contributed by atoms with Gasteiger partial charge >= 0.3 is 5.97 Å². The zero-order valence-corrected chi connectivity index (χ0v) is 5.70. The molecule has 1 unspecified atom stereocenters. The van der Waals surface area contributed by atoms with Crippen molar-refractivity contribution in [3.63, 3.8) is 0 Å². The van der Waals surface area contributed by atoms with Gasteiger partial charge in [0.1, 0.15) is 6.61 Å². The lowest BCUT2D eigenvalue weighted by Gasteiger charge is -1.97. The summed E-state index contributed by atoms with van der Waals surface area (Å²) in [4.78, 5) is 14.1. The van der Waals surface area contributed by atoms with Crippen molar-refractivity contribution in [2.24, 2.45) is 4.99 Å². The van der Waals surface area contributed by atoms with Crippen LogP contribution in [0.5, 0.6) is 0 Å². The Morgan fingerprint density at radius 1 is 2.00 bits per heavy atom. The van der Waals surface area contributed by atoms with Gasteiger partial charge in [0, 0.05) is 6.92 Å². The second-order valence-electron chi connectivity index (χ2n) is 2.21. The zero-order chi connectivity index (χ0) is 7.56. The Morgan fingerprint density at radius 3 is 3.10 bits per heavy atom. The molecule has 1 N–H and O–H groups in total. The fourth-order valence-electron chi connectivity index (χ4n) is 0.855. The lowest BCUT2D eigenvalue weighted by molar-refractivity contribution is -0.137. The van der Waals surface area contributed by atoms with Crippen LogP contribution >= 0.6 is 0 Å². The highest BCUT2D eigenvalue weighted by molar-refractivity contribution is 5.76. The first-order chi connectivity index (χ1) is 4.68. The number of carbonyl (C=O) groups is 1. The maximum atomic E-state index is 10.1. The van der Waals surface area contributed by atoms with E-state index >= 15 is 0 Å². The maximum Gasteiger partial charge on any atom is 0.305 e. The van der Waals surface area contributed by atoms with E-state index in [9.17, 15) is 4.79 Å². The molecule has 0 aromatic heterocycles. The highest BCUT2D eigenvalue weighted by atomic mass is 16.5. The molecule has 1 rings (SSSR count). The van der Waals surface area contributed by atoms with Crippen LogP contribution in [0.2, 0.25) is 0 Å². The van der Waals surface area contributed by atoms with Crippen molar-refractivity contribution in [3.05, 3.63) is 0 Å². The summed E-state index contributed by atoms with van der Waals surface area (Å²) in [7, 11) is 0. The number of hydrogen-bond donors (Lipinski definition) is 1. The van der Waals surface area contributed by atoms with Crippen LogP contribution in [0.1, 0.15) is 13.3 Å². The van der Waals surface area contributed by atoms with Gasteiger partial charge in [-0.3, -0.25) is 4.79 Å². The van der Waals surface area contributed by atoms with E-state index in [-0.39, 0.29) is 12.5 Å². The van der Waals surface area contributed by atoms with E-state index in [4.69, 9.17) is 9.84 Å². The van der Waals surface area contributed by atoms with Crippen LogP contribution in [-0.4, -0.2) is 29.6 Å². The molecule has 56 valence electrons. The molecule has 0 saturated carbocycles. The second kappa shape index (κ2) is 2.68. The molecule has 0 aliphatic carbocycles. The van der Waals surface area contributed by atoms with Gasteiger partial charge in [-0.2, -0.15) is 0 Å². The number of carboxylic acid groups (broad SMARTS) is 1. The monoisotopic (exact) mass is 143 g/mol. The summed E-state index contributed by atoms with van der Waals surface area (Å²) in [5.41, 5.74) is 0. The molecule has 1 aliphatic heterocycles. The van der Waals surface area contributed by atoms with Gasteiger partial charge in [-0.05, 0) is 0 Å². The average Bonchev–Trinajstić information content (AvgIpc) is 2.13. The van der Waals surface area contributed by atoms with Crippen molar-refractivity contribution in [1.29, 1.82) is 0 Å². The van der Waals surface area contributed by atoms with Crippen LogP contribution in [0, 0.1) is 0 Å². The summed E-state index contributed by atoms with van der Waals surface area (Å²) in [6, 6.07) is -0.169. The van der Waals surface area contributed by atoms with Crippen molar-refractivity contribution in [2.45, 2.75) is 19.4 Å². The minimum absolute atomic E-state index is 0.0668. The number of nitrogens with zero attached hydrogens (tertiary/aromatic N) is 1. The van der Waals surface area contributed by atoms with Crippen LogP contribution in [-0.2, 0) is 9.53 Å². The summed E-state index contributed by atoms with van der Waals surface area (Å²) in [6.45, 7) is 2.14. The maximum absolute atomic E-state index is 10.1. The molecule has 10 heavy (non-hydrogen) atoms. The van der Waals surface area contributed by atoms with Crippen LogP contribution < -0.4 is 0 Å². The first-order valence-electron chi connectivity index (χ1n) is 3.07. The molecule has 0 amide bonds. The molecule has 0 bridgehead atoms.